The molecular weight excluding hydrogens is 232 g/mol. The highest BCUT2D eigenvalue weighted by molar-refractivity contribution is 7.99. The minimum atomic E-state index is 0.0141. The molecule has 1 aromatic heterocycles. The van der Waals surface area contributed by atoms with Crippen LogP contribution in [0.5, 0.6) is 0 Å². The van der Waals surface area contributed by atoms with Gasteiger partial charge in [0.15, 0.2) is 0 Å². The maximum Gasteiger partial charge on any atom is 0.138 e. The summed E-state index contributed by atoms with van der Waals surface area (Å²) in [7, 11) is 0. The van der Waals surface area contributed by atoms with Gasteiger partial charge in [-0.25, -0.2) is 9.97 Å². The third-order valence-electron chi connectivity index (χ3n) is 2.30. The van der Waals surface area contributed by atoms with E-state index in [0.29, 0.717) is 5.92 Å². The number of aromatic nitrogens is 2. The van der Waals surface area contributed by atoms with E-state index >= 15 is 0 Å². The van der Waals surface area contributed by atoms with E-state index in [-0.39, 0.29) is 11.4 Å². The molecule has 0 fully saturated rings. The fourth-order valence-corrected chi connectivity index (χ4v) is 2.13. The third kappa shape index (κ3) is 4.64. The predicted octanol–water partition coefficient (Wildman–Crippen LogP) is 3.12. The van der Waals surface area contributed by atoms with E-state index < -0.39 is 0 Å². The first-order valence-electron chi connectivity index (χ1n) is 5.93. The molecule has 0 aliphatic heterocycles. The topological polar surface area (TPSA) is 46.0 Å². The minimum Gasteiger partial charge on any atom is -0.392 e. The van der Waals surface area contributed by atoms with Crippen molar-refractivity contribution in [2.45, 2.75) is 57.6 Å². The first-order chi connectivity index (χ1) is 7.83. The van der Waals surface area contributed by atoms with E-state index in [1.165, 1.54) is 0 Å². The zero-order valence-corrected chi connectivity index (χ0v) is 12.1. The quantitative estimate of drug-likeness (QED) is 0.896. The minimum absolute atomic E-state index is 0.0141. The van der Waals surface area contributed by atoms with Gasteiger partial charge in [-0.15, -0.1) is 11.8 Å². The summed E-state index contributed by atoms with van der Waals surface area (Å²) in [4.78, 5) is 8.86. The molecule has 0 aliphatic rings. The van der Waals surface area contributed by atoms with Crippen molar-refractivity contribution in [3.63, 3.8) is 0 Å². The van der Waals surface area contributed by atoms with Crippen molar-refractivity contribution >= 4 is 11.8 Å². The molecular formula is C13H22N2OS. The Morgan fingerprint density at radius 3 is 2.47 bits per heavy atom. The van der Waals surface area contributed by atoms with Crippen molar-refractivity contribution in [3.8, 4) is 0 Å². The molecule has 96 valence electrons. The molecule has 1 N–H and O–H groups in total. The van der Waals surface area contributed by atoms with Gasteiger partial charge < -0.3 is 5.11 Å². The van der Waals surface area contributed by atoms with Crippen molar-refractivity contribution < 1.29 is 5.11 Å². The SMILES string of the molecule is CC(C)c1nc(CSC(C)(C)C)ncc1CO. The van der Waals surface area contributed by atoms with E-state index in [9.17, 15) is 5.11 Å². The Bertz CT molecular complexity index is 372. The standard InChI is InChI=1S/C13H22N2OS/c1-9(2)12-10(7-16)6-14-11(15-12)8-17-13(3,4)5/h6,9,16H,7-8H2,1-5H3. The van der Waals surface area contributed by atoms with Crippen LogP contribution in [0.25, 0.3) is 0 Å². The van der Waals surface area contributed by atoms with E-state index in [1.54, 1.807) is 6.20 Å². The first kappa shape index (κ1) is 14.5. The highest BCUT2D eigenvalue weighted by atomic mass is 32.2. The molecule has 0 bridgehead atoms. The second-order valence-electron chi connectivity index (χ2n) is 5.41. The Balaban J connectivity index is 2.85. The zero-order valence-electron chi connectivity index (χ0n) is 11.3. The maximum absolute atomic E-state index is 9.23. The normalized spacial score (nSPS) is 12.2. The number of rotatable bonds is 4. The predicted molar refractivity (Wildman–Crippen MR) is 73.1 cm³/mol. The van der Waals surface area contributed by atoms with Crippen molar-refractivity contribution in [1.29, 1.82) is 0 Å². The van der Waals surface area contributed by atoms with Gasteiger partial charge in [0.2, 0.25) is 0 Å². The van der Waals surface area contributed by atoms with Crippen molar-refractivity contribution in [1.82, 2.24) is 9.97 Å². The van der Waals surface area contributed by atoms with Gasteiger partial charge >= 0.3 is 0 Å². The molecule has 1 aromatic rings. The van der Waals surface area contributed by atoms with Gasteiger partial charge in [-0.3, -0.25) is 0 Å². The molecule has 0 saturated carbocycles. The van der Waals surface area contributed by atoms with Gasteiger partial charge in [-0.2, -0.15) is 0 Å². The molecule has 0 spiro atoms. The van der Waals surface area contributed by atoms with Crippen LogP contribution in [0, 0.1) is 0 Å². The van der Waals surface area contributed by atoms with Crippen LogP contribution in [0.2, 0.25) is 0 Å². The molecule has 1 heterocycles. The first-order valence-corrected chi connectivity index (χ1v) is 6.91. The largest absolute Gasteiger partial charge is 0.392 e. The summed E-state index contributed by atoms with van der Waals surface area (Å²) in [6.45, 7) is 10.7. The summed E-state index contributed by atoms with van der Waals surface area (Å²) in [5, 5.41) is 9.23. The van der Waals surface area contributed by atoms with Crippen LogP contribution in [0.15, 0.2) is 6.20 Å². The highest BCUT2D eigenvalue weighted by Crippen LogP contribution is 2.26. The molecule has 3 nitrogen and oxygen atoms in total. The van der Waals surface area contributed by atoms with Crippen molar-refractivity contribution in [3.05, 3.63) is 23.3 Å². The number of aliphatic hydroxyl groups is 1. The van der Waals surface area contributed by atoms with Gasteiger partial charge in [0, 0.05) is 16.5 Å². The summed E-state index contributed by atoms with van der Waals surface area (Å²) >= 11 is 1.83. The lowest BCUT2D eigenvalue weighted by atomic mass is 10.1. The molecule has 0 unspecified atom stereocenters. The van der Waals surface area contributed by atoms with Gasteiger partial charge in [0.1, 0.15) is 5.82 Å². The molecule has 1 rings (SSSR count). The number of aliphatic hydroxyl groups excluding tert-OH is 1. The lowest BCUT2D eigenvalue weighted by Crippen LogP contribution is -2.10. The van der Waals surface area contributed by atoms with Gasteiger partial charge in [-0.1, -0.05) is 34.6 Å². The molecule has 0 aromatic carbocycles. The molecule has 0 atom stereocenters. The van der Waals surface area contributed by atoms with Gasteiger partial charge in [-0.05, 0) is 5.92 Å². The Morgan fingerprint density at radius 1 is 1.35 bits per heavy atom. The summed E-state index contributed by atoms with van der Waals surface area (Å²) < 4.78 is 0.219. The van der Waals surface area contributed by atoms with Gasteiger partial charge in [0.25, 0.3) is 0 Å². The molecule has 0 aliphatic carbocycles. The number of nitrogens with zero attached hydrogens (tertiary/aromatic N) is 2. The lowest BCUT2D eigenvalue weighted by molar-refractivity contribution is 0.278. The average Bonchev–Trinajstić information content (AvgIpc) is 2.25. The van der Waals surface area contributed by atoms with Crippen molar-refractivity contribution in [2.75, 3.05) is 0 Å². The molecule has 17 heavy (non-hydrogen) atoms. The summed E-state index contributed by atoms with van der Waals surface area (Å²) in [6.07, 6.45) is 1.75. The van der Waals surface area contributed by atoms with Crippen molar-refractivity contribution in [2.24, 2.45) is 0 Å². The highest BCUT2D eigenvalue weighted by Gasteiger charge is 2.14. The fraction of sp³-hybridized carbons (Fsp3) is 0.692. The lowest BCUT2D eigenvalue weighted by Gasteiger charge is -2.17. The molecule has 0 saturated heterocycles. The third-order valence-corrected chi connectivity index (χ3v) is 3.57. The van der Waals surface area contributed by atoms with Crippen LogP contribution in [0.1, 0.15) is 57.6 Å². The number of thioether (sulfide) groups is 1. The van der Waals surface area contributed by atoms with Crippen LogP contribution in [-0.2, 0) is 12.4 Å². The van der Waals surface area contributed by atoms with E-state index in [1.807, 2.05) is 11.8 Å². The Kier molecular flexibility index (Phi) is 4.95. The zero-order chi connectivity index (χ0) is 13.1. The Labute approximate surface area is 108 Å². The Hall–Kier alpha value is -0.610. The number of hydrogen-bond donors (Lipinski definition) is 1. The smallest absolute Gasteiger partial charge is 0.138 e. The van der Waals surface area contributed by atoms with E-state index in [0.717, 1.165) is 22.8 Å². The molecule has 0 amide bonds. The van der Waals surface area contributed by atoms with Gasteiger partial charge in [0.05, 0.1) is 18.1 Å². The van der Waals surface area contributed by atoms with Crippen LogP contribution in [0.3, 0.4) is 0 Å². The fourth-order valence-electron chi connectivity index (χ4n) is 1.43. The van der Waals surface area contributed by atoms with E-state index in [4.69, 9.17) is 0 Å². The summed E-state index contributed by atoms with van der Waals surface area (Å²) in [5.74, 6) is 1.99. The van der Waals surface area contributed by atoms with Crippen LogP contribution in [-0.4, -0.2) is 19.8 Å². The monoisotopic (exact) mass is 254 g/mol. The summed E-state index contributed by atoms with van der Waals surface area (Å²) in [5.41, 5.74) is 1.80. The van der Waals surface area contributed by atoms with E-state index in [2.05, 4.69) is 44.6 Å². The van der Waals surface area contributed by atoms with Crippen LogP contribution < -0.4 is 0 Å². The van der Waals surface area contributed by atoms with Crippen LogP contribution in [0.4, 0.5) is 0 Å². The average molecular weight is 254 g/mol. The number of hydrogen-bond acceptors (Lipinski definition) is 4. The second kappa shape index (κ2) is 5.83. The molecule has 0 radical (unpaired) electrons. The maximum atomic E-state index is 9.23. The second-order valence-corrected chi connectivity index (χ2v) is 7.21. The van der Waals surface area contributed by atoms with Crippen LogP contribution >= 0.6 is 11.8 Å². The summed E-state index contributed by atoms with van der Waals surface area (Å²) in [6, 6.07) is 0. The molecule has 4 heteroatoms. The Morgan fingerprint density at radius 2 is 2.00 bits per heavy atom.